The summed E-state index contributed by atoms with van der Waals surface area (Å²) in [4.78, 5) is 3.64. The van der Waals surface area contributed by atoms with Crippen LogP contribution in [-0.2, 0) is 6.54 Å². The van der Waals surface area contributed by atoms with Crippen LogP contribution in [0.2, 0.25) is 5.02 Å². The van der Waals surface area contributed by atoms with Gasteiger partial charge in [0.25, 0.3) is 0 Å². The van der Waals surface area contributed by atoms with Crippen LogP contribution in [-0.4, -0.2) is 11.8 Å². The first-order valence-electron chi connectivity index (χ1n) is 3.14. The molecule has 0 fully saturated rings. The molecule has 0 radical (unpaired) electrons. The van der Waals surface area contributed by atoms with Crippen LogP contribution in [0.15, 0.2) is 23.2 Å². The zero-order chi connectivity index (χ0) is 8.27. The molecule has 0 amide bonds. The highest BCUT2D eigenvalue weighted by Crippen LogP contribution is 2.21. The molecular formula is C8H8ClNO. The predicted octanol–water partition coefficient (Wildman–Crippen LogP) is 2.25. The Hall–Kier alpha value is -1.02. The van der Waals surface area contributed by atoms with E-state index in [2.05, 4.69) is 11.7 Å². The number of aliphatic imine (C=N–C) groups is 1. The molecule has 0 aliphatic heterocycles. The minimum Gasteiger partial charge on any atom is -0.508 e. The van der Waals surface area contributed by atoms with E-state index in [1.807, 2.05) is 0 Å². The van der Waals surface area contributed by atoms with Crippen molar-refractivity contribution in [3.05, 3.63) is 28.8 Å². The van der Waals surface area contributed by atoms with Gasteiger partial charge in [-0.15, -0.1) is 0 Å². The molecule has 0 heterocycles. The van der Waals surface area contributed by atoms with Crippen molar-refractivity contribution in [2.24, 2.45) is 4.99 Å². The smallest absolute Gasteiger partial charge is 0.120 e. The van der Waals surface area contributed by atoms with Gasteiger partial charge in [-0.3, -0.25) is 4.99 Å². The molecule has 0 saturated heterocycles. The molecule has 58 valence electrons. The van der Waals surface area contributed by atoms with Crippen LogP contribution >= 0.6 is 11.6 Å². The zero-order valence-corrected chi connectivity index (χ0v) is 6.67. The molecule has 1 aromatic rings. The van der Waals surface area contributed by atoms with Gasteiger partial charge in [-0.2, -0.15) is 0 Å². The number of halogens is 1. The van der Waals surface area contributed by atoms with E-state index < -0.39 is 0 Å². The first-order valence-corrected chi connectivity index (χ1v) is 3.51. The Labute approximate surface area is 70.2 Å². The van der Waals surface area contributed by atoms with Gasteiger partial charge in [-0.25, -0.2) is 0 Å². The van der Waals surface area contributed by atoms with Gasteiger partial charge in [0.05, 0.1) is 6.54 Å². The minimum atomic E-state index is 0.210. The summed E-state index contributed by atoms with van der Waals surface area (Å²) >= 11 is 5.68. The molecule has 0 atom stereocenters. The molecule has 0 saturated carbocycles. The van der Waals surface area contributed by atoms with Gasteiger partial charge in [0.2, 0.25) is 0 Å². The van der Waals surface area contributed by atoms with Gasteiger partial charge < -0.3 is 5.11 Å². The maximum atomic E-state index is 9.22. The van der Waals surface area contributed by atoms with E-state index >= 15 is 0 Å². The van der Waals surface area contributed by atoms with Crippen molar-refractivity contribution in [3.8, 4) is 5.75 Å². The third kappa shape index (κ3) is 1.95. The van der Waals surface area contributed by atoms with Gasteiger partial charge in [0.1, 0.15) is 5.75 Å². The van der Waals surface area contributed by atoms with Crippen LogP contribution in [0.25, 0.3) is 0 Å². The molecular weight excluding hydrogens is 162 g/mol. The molecule has 2 nitrogen and oxygen atoms in total. The first-order chi connectivity index (χ1) is 5.24. The van der Waals surface area contributed by atoms with Crippen molar-refractivity contribution in [1.82, 2.24) is 0 Å². The van der Waals surface area contributed by atoms with Gasteiger partial charge in [-0.05, 0) is 24.9 Å². The Kier molecular flexibility index (Phi) is 2.49. The number of phenols is 1. The molecule has 0 aliphatic rings. The van der Waals surface area contributed by atoms with Crippen LogP contribution in [0.1, 0.15) is 5.56 Å². The van der Waals surface area contributed by atoms with Crippen molar-refractivity contribution in [1.29, 1.82) is 0 Å². The first kappa shape index (κ1) is 8.08. The average Bonchev–Trinajstić information content (AvgIpc) is 1.98. The van der Waals surface area contributed by atoms with Crippen LogP contribution in [0.4, 0.5) is 0 Å². The zero-order valence-electron chi connectivity index (χ0n) is 5.92. The molecule has 1 N–H and O–H groups in total. The maximum absolute atomic E-state index is 9.22. The Balaban J connectivity index is 3.01. The van der Waals surface area contributed by atoms with Crippen molar-refractivity contribution in [3.63, 3.8) is 0 Å². The molecule has 11 heavy (non-hydrogen) atoms. The highest BCUT2D eigenvalue weighted by Gasteiger charge is 1.99. The summed E-state index contributed by atoms with van der Waals surface area (Å²) < 4.78 is 0. The van der Waals surface area contributed by atoms with Crippen LogP contribution in [0.5, 0.6) is 5.75 Å². The second kappa shape index (κ2) is 3.39. The molecule has 0 bridgehead atoms. The van der Waals surface area contributed by atoms with E-state index in [-0.39, 0.29) is 5.75 Å². The SMILES string of the molecule is C=NCc1cc(Cl)ccc1O. The number of benzene rings is 1. The van der Waals surface area contributed by atoms with Gasteiger partial charge >= 0.3 is 0 Å². The highest BCUT2D eigenvalue weighted by molar-refractivity contribution is 6.30. The lowest BCUT2D eigenvalue weighted by Crippen LogP contribution is -1.81. The second-order valence-corrected chi connectivity index (χ2v) is 2.59. The van der Waals surface area contributed by atoms with Crippen molar-refractivity contribution in [2.75, 3.05) is 0 Å². The third-order valence-corrected chi connectivity index (χ3v) is 1.56. The third-order valence-electron chi connectivity index (χ3n) is 1.32. The molecule has 3 heteroatoms. The number of rotatable bonds is 2. The van der Waals surface area contributed by atoms with Gasteiger partial charge in [0.15, 0.2) is 0 Å². The monoisotopic (exact) mass is 169 g/mol. The van der Waals surface area contributed by atoms with Gasteiger partial charge in [-0.1, -0.05) is 11.6 Å². The Morgan fingerprint density at radius 1 is 1.55 bits per heavy atom. The summed E-state index contributed by atoms with van der Waals surface area (Å²) in [5.74, 6) is 0.210. The topological polar surface area (TPSA) is 32.6 Å². The summed E-state index contributed by atoms with van der Waals surface area (Å²) in [7, 11) is 0. The van der Waals surface area contributed by atoms with Crippen LogP contribution in [0.3, 0.4) is 0 Å². The lowest BCUT2D eigenvalue weighted by Gasteiger charge is -2.00. The minimum absolute atomic E-state index is 0.210. The largest absolute Gasteiger partial charge is 0.508 e. The number of hydrogen-bond acceptors (Lipinski definition) is 2. The van der Waals surface area contributed by atoms with E-state index in [0.717, 1.165) is 0 Å². The van der Waals surface area contributed by atoms with E-state index in [1.54, 1.807) is 18.2 Å². The number of aromatic hydroxyl groups is 1. The molecule has 0 aromatic heterocycles. The van der Waals surface area contributed by atoms with Crippen LogP contribution in [0, 0.1) is 0 Å². The lowest BCUT2D eigenvalue weighted by atomic mass is 10.2. The fourth-order valence-electron chi connectivity index (χ4n) is 0.801. The second-order valence-electron chi connectivity index (χ2n) is 2.15. The average molecular weight is 170 g/mol. The summed E-state index contributed by atoms with van der Waals surface area (Å²) in [6.07, 6.45) is 0. The number of hydrogen-bond donors (Lipinski definition) is 1. The normalized spacial score (nSPS) is 9.55. The number of nitrogens with zero attached hydrogens (tertiary/aromatic N) is 1. The predicted molar refractivity (Wildman–Crippen MR) is 46.4 cm³/mol. The Bertz CT molecular complexity index is 273. The fraction of sp³-hybridized carbons (Fsp3) is 0.125. The van der Waals surface area contributed by atoms with Crippen LogP contribution < -0.4 is 0 Å². The summed E-state index contributed by atoms with van der Waals surface area (Å²) in [5, 5.41) is 9.82. The standard InChI is InChI=1S/C8H8ClNO/c1-10-5-6-4-7(9)2-3-8(6)11/h2-4,11H,1,5H2. The number of phenolic OH excluding ortho intramolecular Hbond substituents is 1. The molecule has 1 aromatic carbocycles. The van der Waals surface area contributed by atoms with E-state index in [0.29, 0.717) is 17.1 Å². The van der Waals surface area contributed by atoms with E-state index in [1.165, 1.54) is 0 Å². The Morgan fingerprint density at radius 3 is 2.91 bits per heavy atom. The highest BCUT2D eigenvalue weighted by atomic mass is 35.5. The van der Waals surface area contributed by atoms with E-state index in [4.69, 9.17) is 11.6 Å². The molecule has 0 aliphatic carbocycles. The summed E-state index contributed by atoms with van der Waals surface area (Å²) in [5.41, 5.74) is 0.701. The molecule has 0 unspecified atom stereocenters. The Morgan fingerprint density at radius 2 is 2.27 bits per heavy atom. The van der Waals surface area contributed by atoms with Crippen molar-refractivity contribution in [2.45, 2.75) is 6.54 Å². The summed E-state index contributed by atoms with van der Waals surface area (Å²) in [6.45, 7) is 3.72. The van der Waals surface area contributed by atoms with Gasteiger partial charge in [0, 0.05) is 10.6 Å². The molecule has 0 spiro atoms. The lowest BCUT2D eigenvalue weighted by molar-refractivity contribution is 0.468. The summed E-state index contributed by atoms with van der Waals surface area (Å²) in [6, 6.07) is 4.85. The molecule has 1 rings (SSSR count). The fourth-order valence-corrected chi connectivity index (χ4v) is 0.996. The van der Waals surface area contributed by atoms with E-state index in [9.17, 15) is 5.11 Å². The maximum Gasteiger partial charge on any atom is 0.120 e. The van der Waals surface area contributed by atoms with Crippen molar-refractivity contribution < 1.29 is 5.11 Å². The van der Waals surface area contributed by atoms with Crippen molar-refractivity contribution >= 4 is 18.3 Å². The quantitative estimate of drug-likeness (QED) is 0.677.